The number of hydrogen-bond acceptors (Lipinski definition) is 3. The minimum atomic E-state index is -0.650. The molecule has 0 bridgehead atoms. The summed E-state index contributed by atoms with van der Waals surface area (Å²) in [7, 11) is 0. The highest BCUT2D eigenvalue weighted by Crippen LogP contribution is 2.21. The molecule has 0 atom stereocenters. The zero-order valence-corrected chi connectivity index (χ0v) is 10.8. The Morgan fingerprint density at radius 2 is 2.11 bits per heavy atom. The molecule has 0 aliphatic heterocycles. The highest BCUT2D eigenvalue weighted by molar-refractivity contribution is 6.31. The third kappa shape index (κ3) is 4.01. The molecule has 0 unspecified atom stereocenters. The smallest absolute Gasteiger partial charge is 0.253 e. The number of aliphatic hydroxyl groups is 1. The van der Waals surface area contributed by atoms with Crippen molar-refractivity contribution < 1.29 is 14.7 Å². The van der Waals surface area contributed by atoms with Crippen LogP contribution in [0.2, 0.25) is 5.02 Å². The summed E-state index contributed by atoms with van der Waals surface area (Å²) in [6.45, 7) is 1.84. The minimum absolute atomic E-state index is 0.287. The van der Waals surface area contributed by atoms with Crippen molar-refractivity contribution in [2.75, 3.05) is 18.5 Å². The van der Waals surface area contributed by atoms with Crippen molar-refractivity contribution in [3.05, 3.63) is 28.8 Å². The van der Waals surface area contributed by atoms with Gasteiger partial charge in [0.25, 0.3) is 5.91 Å². The molecule has 18 heavy (non-hydrogen) atoms. The van der Waals surface area contributed by atoms with Crippen molar-refractivity contribution in [2.24, 2.45) is 0 Å². The van der Waals surface area contributed by atoms with Gasteiger partial charge in [0.1, 0.15) is 6.61 Å². The van der Waals surface area contributed by atoms with Crippen LogP contribution in [-0.4, -0.2) is 30.1 Å². The zero-order valence-electron chi connectivity index (χ0n) is 10.00. The van der Waals surface area contributed by atoms with Crippen molar-refractivity contribution in [1.29, 1.82) is 0 Å². The average molecular weight is 271 g/mol. The molecule has 98 valence electrons. The lowest BCUT2D eigenvalue weighted by Crippen LogP contribution is -2.26. The van der Waals surface area contributed by atoms with Gasteiger partial charge in [-0.15, -0.1) is 0 Å². The van der Waals surface area contributed by atoms with Crippen LogP contribution >= 0.6 is 11.6 Å². The first kappa shape index (κ1) is 14.5. The Labute approximate surface area is 110 Å². The van der Waals surface area contributed by atoms with E-state index >= 15 is 0 Å². The third-order valence-electron chi connectivity index (χ3n) is 2.18. The largest absolute Gasteiger partial charge is 0.387 e. The highest BCUT2D eigenvalue weighted by atomic mass is 35.5. The van der Waals surface area contributed by atoms with E-state index in [1.165, 1.54) is 12.1 Å². The lowest BCUT2D eigenvalue weighted by Gasteiger charge is -2.11. The van der Waals surface area contributed by atoms with E-state index in [1.54, 1.807) is 6.07 Å². The normalized spacial score (nSPS) is 9.94. The summed E-state index contributed by atoms with van der Waals surface area (Å²) in [5.74, 6) is -0.886. The average Bonchev–Trinajstić information content (AvgIpc) is 2.36. The van der Waals surface area contributed by atoms with Gasteiger partial charge >= 0.3 is 0 Å². The van der Waals surface area contributed by atoms with Gasteiger partial charge in [-0.2, -0.15) is 0 Å². The van der Waals surface area contributed by atoms with E-state index < -0.39 is 12.5 Å². The fourth-order valence-corrected chi connectivity index (χ4v) is 1.51. The number of carbonyl (C=O) groups is 2. The molecule has 5 nitrogen and oxygen atoms in total. The molecule has 0 spiro atoms. The molecule has 1 aromatic carbocycles. The number of rotatable bonds is 5. The van der Waals surface area contributed by atoms with Gasteiger partial charge in [0, 0.05) is 11.6 Å². The number of amides is 2. The van der Waals surface area contributed by atoms with Crippen molar-refractivity contribution in [1.82, 2.24) is 5.32 Å². The number of carbonyl (C=O) groups excluding carboxylic acids is 2. The lowest BCUT2D eigenvalue weighted by molar-refractivity contribution is -0.118. The summed E-state index contributed by atoms with van der Waals surface area (Å²) >= 11 is 5.81. The fourth-order valence-electron chi connectivity index (χ4n) is 1.34. The molecule has 2 amide bonds. The van der Waals surface area contributed by atoms with Gasteiger partial charge in [0.05, 0.1) is 11.3 Å². The molecular weight excluding hydrogens is 256 g/mol. The predicted molar refractivity (Wildman–Crippen MR) is 69.8 cm³/mol. The van der Waals surface area contributed by atoms with Crippen LogP contribution in [0.1, 0.15) is 23.7 Å². The Bertz CT molecular complexity index is 449. The van der Waals surface area contributed by atoms with E-state index in [0.717, 1.165) is 6.42 Å². The second-order valence-electron chi connectivity index (χ2n) is 3.65. The van der Waals surface area contributed by atoms with E-state index in [2.05, 4.69) is 10.6 Å². The summed E-state index contributed by atoms with van der Waals surface area (Å²) < 4.78 is 0. The van der Waals surface area contributed by atoms with Gasteiger partial charge < -0.3 is 15.7 Å². The Hall–Kier alpha value is -1.59. The fraction of sp³-hybridized carbons (Fsp3) is 0.333. The number of hydrogen-bond donors (Lipinski definition) is 3. The van der Waals surface area contributed by atoms with Gasteiger partial charge in [0.15, 0.2) is 0 Å². The van der Waals surface area contributed by atoms with Crippen molar-refractivity contribution in [2.45, 2.75) is 13.3 Å². The van der Waals surface area contributed by atoms with Crippen molar-refractivity contribution in [3.8, 4) is 0 Å². The van der Waals surface area contributed by atoms with Crippen molar-refractivity contribution >= 4 is 29.1 Å². The van der Waals surface area contributed by atoms with Crippen LogP contribution in [0.15, 0.2) is 18.2 Å². The van der Waals surface area contributed by atoms with E-state index in [4.69, 9.17) is 16.7 Å². The predicted octanol–water partition coefficient (Wildman–Crippen LogP) is 1.41. The molecule has 0 aromatic heterocycles. The van der Waals surface area contributed by atoms with Crippen LogP contribution in [0.25, 0.3) is 0 Å². The first-order chi connectivity index (χ1) is 8.58. The number of halogens is 1. The van der Waals surface area contributed by atoms with E-state index in [9.17, 15) is 9.59 Å². The maximum atomic E-state index is 11.8. The van der Waals surface area contributed by atoms with Crippen molar-refractivity contribution in [3.63, 3.8) is 0 Å². The van der Waals surface area contributed by atoms with Gasteiger partial charge in [-0.25, -0.2) is 0 Å². The first-order valence-corrected chi connectivity index (χ1v) is 5.94. The molecule has 0 heterocycles. The molecule has 0 aliphatic rings. The van der Waals surface area contributed by atoms with Crippen LogP contribution < -0.4 is 10.6 Å². The summed E-state index contributed by atoms with van der Waals surface area (Å²) in [6.07, 6.45) is 0.817. The van der Waals surface area contributed by atoms with Gasteiger partial charge in [0.2, 0.25) is 5.91 Å². The lowest BCUT2D eigenvalue weighted by atomic mass is 10.1. The second-order valence-corrected chi connectivity index (χ2v) is 4.09. The maximum Gasteiger partial charge on any atom is 0.253 e. The number of anilines is 1. The molecular formula is C12H15ClN2O3. The quantitative estimate of drug-likeness (QED) is 0.757. The molecule has 3 N–H and O–H groups in total. The number of benzene rings is 1. The number of nitrogens with one attached hydrogen (secondary N) is 2. The topological polar surface area (TPSA) is 78.4 Å². The zero-order chi connectivity index (χ0) is 13.5. The monoisotopic (exact) mass is 270 g/mol. The van der Waals surface area contributed by atoms with Gasteiger partial charge in [-0.3, -0.25) is 9.59 Å². The SMILES string of the molecule is CCCNC(=O)c1ccc(Cl)cc1NC(=O)CO. The van der Waals surface area contributed by atoms with Gasteiger partial charge in [-0.1, -0.05) is 18.5 Å². The van der Waals surface area contributed by atoms with E-state index in [1.807, 2.05) is 6.92 Å². The molecule has 0 fully saturated rings. The molecule has 0 saturated heterocycles. The maximum absolute atomic E-state index is 11.8. The molecule has 1 aromatic rings. The van der Waals surface area contributed by atoms with Crippen LogP contribution in [0.3, 0.4) is 0 Å². The molecule has 1 rings (SSSR count). The van der Waals surface area contributed by atoms with Crippen LogP contribution in [0, 0.1) is 0 Å². The first-order valence-electron chi connectivity index (χ1n) is 5.57. The van der Waals surface area contributed by atoms with Gasteiger partial charge in [-0.05, 0) is 24.6 Å². The summed E-state index contributed by atoms with van der Waals surface area (Å²) in [6, 6.07) is 4.56. The van der Waals surface area contributed by atoms with Crippen LogP contribution in [0.5, 0.6) is 0 Å². The van der Waals surface area contributed by atoms with Crippen LogP contribution in [-0.2, 0) is 4.79 Å². The second kappa shape index (κ2) is 6.98. The van der Waals surface area contributed by atoms with Crippen LogP contribution in [0.4, 0.5) is 5.69 Å². The van der Waals surface area contributed by atoms with E-state index in [0.29, 0.717) is 17.1 Å². The minimum Gasteiger partial charge on any atom is -0.387 e. The Morgan fingerprint density at radius 1 is 1.39 bits per heavy atom. The summed E-state index contributed by atoms with van der Waals surface area (Å²) in [5.41, 5.74) is 0.602. The Morgan fingerprint density at radius 3 is 2.72 bits per heavy atom. The summed E-state index contributed by atoms with van der Waals surface area (Å²) in [4.78, 5) is 23.0. The molecule has 0 saturated carbocycles. The van der Waals surface area contributed by atoms with E-state index in [-0.39, 0.29) is 11.6 Å². The number of aliphatic hydroxyl groups excluding tert-OH is 1. The summed E-state index contributed by atoms with van der Waals surface area (Å²) in [5, 5.41) is 14.2. The standard InChI is InChI=1S/C12H15ClN2O3/c1-2-5-14-12(18)9-4-3-8(13)6-10(9)15-11(17)7-16/h3-4,6,16H,2,5,7H2,1H3,(H,14,18)(H,15,17). The third-order valence-corrected chi connectivity index (χ3v) is 2.41. The molecule has 0 aliphatic carbocycles. The Balaban J connectivity index is 2.95. The highest BCUT2D eigenvalue weighted by Gasteiger charge is 2.13. The Kier molecular flexibility index (Phi) is 5.61. The molecule has 0 radical (unpaired) electrons. The molecule has 6 heteroatoms.